The molecule has 5 heteroatoms. The minimum atomic E-state index is -0.748. The lowest BCUT2D eigenvalue weighted by atomic mass is 10.1. The number of fused-ring (bicyclic) bond motifs is 1. The summed E-state index contributed by atoms with van der Waals surface area (Å²) in [6, 6.07) is 12.8. The molecule has 1 heterocycles. The Morgan fingerprint density at radius 3 is 2.39 bits per heavy atom. The molecule has 3 rings (SSSR count). The standard InChI is InChI=1S/C18H16N2O3/c1-11-13-7-3-4-8-14(13)18(23)20(11)12(2)17(22)19-15-9-5-6-10-16(15)21/h3-10,12,21H,1H2,2H3,(H,19,22). The lowest BCUT2D eigenvalue weighted by Gasteiger charge is -2.24. The summed E-state index contributed by atoms with van der Waals surface area (Å²) in [4.78, 5) is 26.3. The maximum absolute atomic E-state index is 12.5. The van der Waals surface area contributed by atoms with Gasteiger partial charge in [0, 0.05) is 16.8 Å². The zero-order chi connectivity index (χ0) is 16.6. The van der Waals surface area contributed by atoms with Crippen molar-refractivity contribution in [2.45, 2.75) is 13.0 Å². The van der Waals surface area contributed by atoms with Crippen LogP contribution in [0.5, 0.6) is 5.75 Å². The van der Waals surface area contributed by atoms with Crippen LogP contribution >= 0.6 is 0 Å². The van der Waals surface area contributed by atoms with Crippen LogP contribution in [0.25, 0.3) is 5.70 Å². The topological polar surface area (TPSA) is 69.6 Å². The van der Waals surface area contributed by atoms with Gasteiger partial charge in [-0.2, -0.15) is 0 Å². The Kier molecular flexibility index (Phi) is 3.62. The number of nitrogens with zero attached hydrogens (tertiary/aromatic N) is 1. The summed E-state index contributed by atoms with van der Waals surface area (Å²) < 4.78 is 0. The fraction of sp³-hybridized carbons (Fsp3) is 0.111. The average molecular weight is 308 g/mol. The van der Waals surface area contributed by atoms with Gasteiger partial charge >= 0.3 is 0 Å². The van der Waals surface area contributed by atoms with Crippen molar-refractivity contribution in [1.82, 2.24) is 4.90 Å². The predicted molar refractivity (Wildman–Crippen MR) is 87.8 cm³/mol. The van der Waals surface area contributed by atoms with Gasteiger partial charge in [-0.25, -0.2) is 0 Å². The van der Waals surface area contributed by atoms with Crippen molar-refractivity contribution in [3.8, 4) is 5.75 Å². The number of para-hydroxylation sites is 2. The second-order valence-electron chi connectivity index (χ2n) is 5.35. The van der Waals surface area contributed by atoms with Crippen molar-refractivity contribution in [3.05, 3.63) is 66.2 Å². The molecule has 116 valence electrons. The van der Waals surface area contributed by atoms with E-state index >= 15 is 0 Å². The summed E-state index contributed by atoms with van der Waals surface area (Å²) in [5.41, 5.74) is 2.09. The number of nitrogens with one attached hydrogen (secondary N) is 1. The van der Waals surface area contributed by atoms with Crippen molar-refractivity contribution in [1.29, 1.82) is 0 Å². The number of amides is 2. The molecule has 0 bridgehead atoms. The van der Waals surface area contributed by atoms with E-state index in [0.717, 1.165) is 5.56 Å². The molecule has 5 nitrogen and oxygen atoms in total. The normalized spacial score (nSPS) is 14.6. The molecule has 23 heavy (non-hydrogen) atoms. The van der Waals surface area contributed by atoms with Crippen LogP contribution < -0.4 is 5.32 Å². The number of hydrogen-bond acceptors (Lipinski definition) is 3. The monoisotopic (exact) mass is 308 g/mol. The van der Waals surface area contributed by atoms with Gasteiger partial charge in [0.05, 0.1) is 5.69 Å². The Labute approximate surface area is 133 Å². The Hall–Kier alpha value is -3.08. The first-order valence-corrected chi connectivity index (χ1v) is 7.21. The minimum absolute atomic E-state index is 0.0251. The predicted octanol–water partition coefficient (Wildman–Crippen LogP) is 2.85. The van der Waals surface area contributed by atoms with Crippen molar-refractivity contribution >= 4 is 23.2 Å². The van der Waals surface area contributed by atoms with Crippen LogP contribution in [0.3, 0.4) is 0 Å². The average Bonchev–Trinajstić information content (AvgIpc) is 2.81. The van der Waals surface area contributed by atoms with Crippen LogP contribution in [0, 0.1) is 0 Å². The van der Waals surface area contributed by atoms with E-state index in [0.29, 0.717) is 16.9 Å². The van der Waals surface area contributed by atoms with Crippen LogP contribution in [0.15, 0.2) is 55.1 Å². The number of benzene rings is 2. The number of phenolic OH excluding ortho intramolecular Hbond substituents is 1. The Morgan fingerprint density at radius 1 is 1.13 bits per heavy atom. The third kappa shape index (κ3) is 2.46. The van der Waals surface area contributed by atoms with E-state index in [1.807, 2.05) is 12.1 Å². The van der Waals surface area contributed by atoms with E-state index in [-0.39, 0.29) is 11.7 Å². The SMILES string of the molecule is C=C1c2ccccc2C(=O)N1C(C)C(=O)Nc1ccccc1O. The fourth-order valence-corrected chi connectivity index (χ4v) is 2.65. The summed E-state index contributed by atoms with van der Waals surface area (Å²) in [6.45, 7) is 5.56. The molecule has 0 aliphatic carbocycles. The summed E-state index contributed by atoms with van der Waals surface area (Å²) in [5, 5.41) is 12.4. The molecule has 0 spiro atoms. The second-order valence-corrected chi connectivity index (χ2v) is 5.35. The molecule has 0 saturated carbocycles. The summed E-state index contributed by atoms with van der Waals surface area (Å²) in [6.07, 6.45) is 0. The van der Waals surface area contributed by atoms with Gasteiger partial charge in [-0.1, -0.05) is 36.9 Å². The van der Waals surface area contributed by atoms with Crippen LogP contribution in [0.1, 0.15) is 22.8 Å². The molecule has 1 aliphatic rings. The van der Waals surface area contributed by atoms with Gasteiger partial charge in [0.2, 0.25) is 5.91 Å². The van der Waals surface area contributed by atoms with Gasteiger partial charge in [0.1, 0.15) is 11.8 Å². The molecular weight excluding hydrogens is 292 g/mol. The Balaban J connectivity index is 1.83. The fourth-order valence-electron chi connectivity index (χ4n) is 2.65. The molecule has 0 aromatic heterocycles. The summed E-state index contributed by atoms with van der Waals surface area (Å²) in [5.74, 6) is -0.665. The highest BCUT2D eigenvalue weighted by molar-refractivity contribution is 6.12. The van der Waals surface area contributed by atoms with Gasteiger partial charge in [0.25, 0.3) is 5.91 Å². The minimum Gasteiger partial charge on any atom is -0.506 e. The van der Waals surface area contributed by atoms with E-state index in [2.05, 4.69) is 11.9 Å². The van der Waals surface area contributed by atoms with Gasteiger partial charge in [-0.05, 0) is 25.1 Å². The van der Waals surface area contributed by atoms with Crippen molar-refractivity contribution in [2.24, 2.45) is 0 Å². The molecular formula is C18H16N2O3. The smallest absolute Gasteiger partial charge is 0.259 e. The van der Waals surface area contributed by atoms with Gasteiger partial charge in [0.15, 0.2) is 0 Å². The molecule has 2 amide bonds. The van der Waals surface area contributed by atoms with E-state index in [4.69, 9.17) is 0 Å². The van der Waals surface area contributed by atoms with Crippen LogP contribution in [-0.4, -0.2) is 27.9 Å². The number of hydrogen-bond donors (Lipinski definition) is 2. The lowest BCUT2D eigenvalue weighted by molar-refractivity contribution is -0.119. The number of rotatable bonds is 3. The zero-order valence-corrected chi connectivity index (χ0v) is 12.6. The van der Waals surface area contributed by atoms with Crippen LogP contribution in [-0.2, 0) is 4.79 Å². The van der Waals surface area contributed by atoms with Crippen LogP contribution in [0.2, 0.25) is 0 Å². The lowest BCUT2D eigenvalue weighted by Crippen LogP contribution is -2.41. The highest BCUT2D eigenvalue weighted by atomic mass is 16.3. The molecule has 2 aromatic carbocycles. The van der Waals surface area contributed by atoms with Gasteiger partial charge < -0.3 is 10.4 Å². The first kappa shape index (κ1) is 14.8. The van der Waals surface area contributed by atoms with Crippen molar-refractivity contribution in [2.75, 3.05) is 5.32 Å². The first-order valence-electron chi connectivity index (χ1n) is 7.21. The zero-order valence-electron chi connectivity index (χ0n) is 12.6. The number of carbonyl (C=O) groups is 2. The van der Waals surface area contributed by atoms with E-state index in [9.17, 15) is 14.7 Å². The summed E-state index contributed by atoms with van der Waals surface area (Å²) >= 11 is 0. The van der Waals surface area contributed by atoms with Gasteiger partial charge in [-0.3, -0.25) is 14.5 Å². The van der Waals surface area contributed by atoms with Crippen LogP contribution in [0.4, 0.5) is 5.69 Å². The van der Waals surface area contributed by atoms with Crippen molar-refractivity contribution < 1.29 is 14.7 Å². The largest absolute Gasteiger partial charge is 0.506 e. The highest BCUT2D eigenvalue weighted by Gasteiger charge is 2.36. The number of phenols is 1. The number of carbonyl (C=O) groups excluding carboxylic acids is 2. The van der Waals surface area contributed by atoms with E-state index in [1.165, 1.54) is 11.0 Å². The Bertz CT molecular complexity index is 778. The molecule has 0 radical (unpaired) electrons. The number of aromatic hydroxyl groups is 1. The van der Waals surface area contributed by atoms with Gasteiger partial charge in [-0.15, -0.1) is 0 Å². The first-order chi connectivity index (χ1) is 11.0. The maximum Gasteiger partial charge on any atom is 0.259 e. The molecule has 0 fully saturated rings. The Morgan fingerprint density at radius 2 is 1.74 bits per heavy atom. The summed E-state index contributed by atoms with van der Waals surface area (Å²) in [7, 11) is 0. The van der Waals surface area contributed by atoms with Crippen molar-refractivity contribution in [3.63, 3.8) is 0 Å². The third-order valence-corrected chi connectivity index (χ3v) is 3.91. The number of anilines is 1. The molecule has 2 N–H and O–H groups in total. The van der Waals surface area contributed by atoms with E-state index < -0.39 is 11.9 Å². The molecule has 1 unspecified atom stereocenters. The van der Waals surface area contributed by atoms with E-state index in [1.54, 1.807) is 37.3 Å². The third-order valence-electron chi connectivity index (χ3n) is 3.91. The second kappa shape index (κ2) is 5.61. The quantitative estimate of drug-likeness (QED) is 0.857. The molecule has 1 aliphatic heterocycles. The highest BCUT2D eigenvalue weighted by Crippen LogP contribution is 2.33. The molecule has 0 saturated heterocycles. The molecule has 1 atom stereocenters. The maximum atomic E-state index is 12.5. The molecule has 2 aromatic rings.